The van der Waals surface area contributed by atoms with Gasteiger partial charge < -0.3 is 50.4 Å². The Bertz CT molecular complexity index is 4250. The smallest absolute Gasteiger partial charge is 0.475 e. The molecular formula is C74H96BN7O17S3. The topological polar surface area (TPSA) is 359 Å². The largest absolute Gasteiger partial charge is 0.748 e. The summed E-state index contributed by atoms with van der Waals surface area (Å²) in [6, 6.07) is 26.7. The number of ether oxygens (including phenoxy) is 1. The van der Waals surface area contributed by atoms with Crippen molar-refractivity contribution in [3.8, 4) is 5.75 Å². The number of para-hydroxylation sites is 1. The van der Waals surface area contributed by atoms with E-state index in [2.05, 4.69) is 57.9 Å². The Morgan fingerprint density at radius 2 is 1.42 bits per heavy atom. The summed E-state index contributed by atoms with van der Waals surface area (Å²) in [6.45, 7) is 10.6. The molecule has 2 fully saturated rings. The fourth-order valence-corrected chi connectivity index (χ4v) is 16.0. The molecule has 9 rings (SSSR count). The first-order valence-electron chi connectivity index (χ1n) is 35.3. The molecule has 4 heterocycles. The van der Waals surface area contributed by atoms with E-state index in [4.69, 9.17) is 4.74 Å². The second-order valence-corrected chi connectivity index (χ2v) is 32.7. The second kappa shape index (κ2) is 34.6. The normalized spacial score (nSPS) is 19.6. The number of carbonyl (C=O) groups excluding carboxylic acids is 5. The van der Waals surface area contributed by atoms with Crippen LogP contribution in [-0.4, -0.2) is 157 Å². The van der Waals surface area contributed by atoms with Gasteiger partial charge in [-0.25, -0.2) is 8.42 Å². The summed E-state index contributed by atoms with van der Waals surface area (Å²) in [7, 11) is -14.8. The molecule has 2 saturated heterocycles. The zero-order valence-corrected chi connectivity index (χ0v) is 61.0. The second-order valence-electron chi connectivity index (χ2n) is 28.2. The van der Waals surface area contributed by atoms with Crippen molar-refractivity contribution in [2.45, 2.75) is 184 Å². The van der Waals surface area contributed by atoms with Crippen LogP contribution in [-0.2, 0) is 84.5 Å². The Labute approximate surface area is 599 Å². The highest BCUT2D eigenvalue weighted by atomic mass is 32.2. The number of allylic oxidation sites excluding steroid dienone is 7. The van der Waals surface area contributed by atoms with Crippen LogP contribution in [0.3, 0.4) is 0 Å². The zero-order valence-electron chi connectivity index (χ0n) is 58.5. The molecule has 0 saturated carbocycles. The number of hydrogen-bond acceptors (Lipinski definition) is 16. The van der Waals surface area contributed by atoms with Crippen molar-refractivity contribution in [2.75, 3.05) is 49.1 Å². The highest BCUT2D eigenvalue weighted by Gasteiger charge is 2.46. The van der Waals surface area contributed by atoms with Crippen molar-refractivity contribution in [1.29, 1.82) is 0 Å². The molecule has 0 spiro atoms. The first-order valence-corrected chi connectivity index (χ1v) is 40.0. The van der Waals surface area contributed by atoms with Crippen LogP contribution < -0.4 is 30.9 Å². The Morgan fingerprint density at radius 3 is 2.15 bits per heavy atom. The quantitative estimate of drug-likeness (QED) is 0.00940. The van der Waals surface area contributed by atoms with Gasteiger partial charge in [0.15, 0.2) is 5.71 Å². The van der Waals surface area contributed by atoms with E-state index >= 15 is 0 Å². The number of benzene rings is 4. The molecule has 0 radical (unpaired) electrons. The molecule has 4 aliphatic heterocycles. The summed E-state index contributed by atoms with van der Waals surface area (Å²) in [6.07, 6.45) is 18.0. The predicted octanol–water partition coefficient (Wildman–Crippen LogP) is 7.86. The Balaban J connectivity index is 0.758. The Morgan fingerprint density at radius 1 is 0.725 bits per heavy atom. The molecule has 3 atom stereocenters. The molecule has 550 valence electrons. The molecule has 1 aliphatic carbocycles. The standard InChI is InChI=1S/C74H96BN7O17S3/c1-73(2)59-20-9-10-21-62(59)80(41-12-14-44-100(90,91)92)64(73)36-30-54-18-16-19-55(31-37-65-74(3,4)60-49-58(102(96,97)98)34-35-63(60)81(65)42-13-15-45-101(93,94)95)70(54)99-57-32-28-51(29-33-57)38-40-77-67(83)23-8-6-5-7-11-39-76-68(84)46-52-24-26-53(27-25-52)50-78-69(85)48-56-47-61(79-71(56)86)72(87)82-43-17-22-66(82)75(88)89/h9-10,20-21,24-37,49,56,61,66,88-89H,5-8,11-19,22-23,38-48,50H2,1-4H3,(H6-,76,77,78,79,83,84,85,86,90,91,92,93,94,95,96,97,98)/t56-,61-,66-/m1/s1. The van der Waals surface area contributed by atoms with E-state index in [0.717, 1.165) is 89.0 Å². The van der Waals surface area contributed by atoms with E-state index < -0.39 is 77.7 Å². The Kier molecular flexibility index (Phi) is 26.6. The maximum Gasteiger partial charge on any atom is 0.475 e. The van der Waals surface area contributed by atoms with Gasteiger partial charge in [-0.05, 0) is 167 Å². The van der Waals surface area contributed by atoms with E-state index in [1.54, 1.807) is 6.07 Å². The van der Waals surface area contributed by atoms with Crippen molar-refractivity contribution in [2.24, 2.45) is 5.92 Å². The molecule has 24 nitrogen and oxygen atoms in total. The Hall–Kier alpha value is -7.83. The molecule has 5 amide bonds. The summed E-state index contributed by atoms with van der Waals surface area (Å²) in [4.78, 5) is 67.3. The lowest BCUT2D eigenvalue weighted by molar-refractivity contribution is -0.438. The van der Waals surface area contributed by atoms with Gasteiger partial charge in [-0.15, -0.1) is 0 Å². The van der Waals surface area contributed by atoms with Crippen molar-refractivity contribution < 1.29 is 82.2 Å². The molecular weight excluding hydrogens is 1370 g/mol. The molecule has 28 heteroatoms. The van der Waals surface area contributed by atoms with Gasteiger partial charge in [0.2, 0.25) is 35.2 Å². The third kappa shape index (κ3) is 21.2. The third-order valence-corrected chi connectivity index (χ3v) is 22.3. The van der Waals surface area contributed by atoms with Crippen molar-refractivity contribution in [1.82, 2.24) is 26.2 Å². The van der Waals surface area contributed by atoms with Crippen LogP contribution in [0.5, 0.6) is 5.75 Å². The first-order chi connectivity index (χ1) is 48.4. The molecule has 102 heavy (non-hydrogen) atoms. The number of nitrogens with zero attached hydrogens (tertiary/aromatic N) is 3. The molecule has 0 unspecified atom stereocenters. The SMILES string of the molecule is CC1(C)C(/C=C/C2=C(Oc3ccc(CCNC(=O)CCCCCCCNC(=O)Cc4ccc(CNC(=O)C[C@H]5C[C@H](C(=O)N6CCC[C@@H]6B(O)O)NC5=O)cc4)cc3)C(=C/C=C3/N(CCCCS(=O)(=O)O)c4ccc(S(=O)(=O)O)cc4C3(C)C)/CCC2)=[N+](CCCCS(=O)(=O)[O-])c2ccccc21. The van der Waals surface area contributed by atoms with Gasteiger partial charge in [0.1, 0.15) is 24.1 Å². The van der Waals surface area contributed by atoms with E-state index in [1.165, 1.54) is 17.0 Å². The van der Waals surface area contributed by atoms with Crippen molar-refractivity contribution >= 4 is 84.1 Å². The van der Waals surface area contributed by atoms with Crippen LogP contribution in [0.15, 0.2) is 143 Å². The lowest BCUT2D eigenvalue weighted by Gasteiger charge is -2.27. The van der Waals surface area contributed by atoms with Gasteiger partial charge in [0, 0.05) is 98.2 Å². The average Bonchev–Trinajstić information content (AvgIpc) is 1.60. The lowest BCUT2D eigenvalue weighted by atomic mass is 9.77. The summed E-state index contributed by atoms with van der Waals surface area (Å²) in [5.41, 5.74) is 8.35. The van der Waals surface area contributed by atoms with E-state index in [9.17, 15) is 72.9 Å². The number of fused-ring (bicyclic) bond motifs is 2. The van der Waals surface area contributed by atoms with Gasteiger partial charge >= 0.3 is 7.12 Å². The van der Waals surface area contributed by atoms with Gasteiger partial charge in [-0.2, -0.15) is 21.4 Å². The monoisotopic (exact) mass is 1460 g/mol. The number of likely N-dealkylation sites (tertiary alicyclic amines) is 1. The minimum Gasteiger partial charge on any atom is -0.748 e. The van der Waals surface area contributed by atoms with Crippen LogP contribution >= 0.6 is 0 Å². The number of rotatable bonds is 35. The van der Waals surface area contributed by atoms with Crippen LogP contribution in [0.1, 0.15) is 165 Å². The minimum atomic E-state index is -4.55. The third-order valence-electron chi connectivity index (χ3n) is 19.9. The summed E-state index contributed by atoms with van der Waals surface area (Å²) >= 11 is 0. The van der Waals surface area contributed by atoms with Crippen LogP contribution in [0.2, 0.25) is 0 Å². The van der Waals surface area contributed by atoms with Gasteiger partial charge in [-0.3, -0.25) is 33.1 Å². The highest BCUT2D eigenvalue weighted by molar-refractivity contribution is 7.86. The van der Waals surface area contributed by atoms with Gasteiger partial charge in [-0.1, -0.05) is 93.8 Å². The van der Waals surface area contributed by atoms with E-state index in [1.807, 2.05) is 97.6 Å². The van der Waals surface area contributed by atoms with Crippen LogP contribution in [0.4, 0.5) is 11.4 Å². The van der Waals surface area contributed by atoms with Gasteiger partial charge in [0.05, 0.1) is 38.5 Å². The average molecular weight is 1460 g/mol. The molecule has 4 aromatic carbocycles. The minimum absolute atomic E-state index is 0.0356. The zero-order chi connectivity index (χ0) is 73.6. The molecule has 4 aromatic rings. The summed E-state index contributed by atoms with van der Waals surface area (Å²) in [5, 5.41) is 30.8. The number of anilines is 1. The van der Waals surface area contributed by atoms with Crippen molar-refractivity contribution in [3.05, 3.63) is 166 Å². The fraction of sp³-hybridized carbons (Fsp3) is 0.486. The molecule has 0 aromatic heterocycles. The van der Waals surface area contributed by atoms with Gasteiger partial charge in [0.25, 0.3) is 20.2 Å². The molecule has 8 N–H and O–H groups in total. The maximum atomic E-state index is 13.0. The number of amides is 5. The van der Waals surface area contributed by atoms with E-state index in [0.29, 0.717) is 107 Å². The molecule has 0 bridgehead atoms. The van der Waals surface area contributed by atoms with Crippen LogP contribution in [0, 0.1) is 5.92 Å². The van der Waals surface area contributed by atoms with E-state index in [-0.39, 0.29) is 73.1 Å². The predicted molar refractivity (Wildman–Crippen MR) is 388 cm³/mol. The number of carbonyl (C=O) groups is 5. The lowest BCUT2D eigenvalue weighted by Crippen LogP contribution is -2.51. The maximum absolute atomic E-state index is 13.0. The number of hydrogen-bond donors (Lipinski definition) is 8. The summed E-state index contributed by atoms with van der Waals surface area (Å²) < 4.78 is 112. The van der Waals surface area contributed by atoms with Crippen molar-refractivity contribution in [3.63, 3.8) is 0 Å². The highest BCUT2D eigenvalue weighted by Crippen LogP contribution is 2.49. The first kappa shape index (κ1) is 78.3. The fourth-order valence-electron chi connectivity index (χ4n) is 14.4. The van der Waals surface area contributed by atoms with Crippen LogP contribution in [0.25, 0.3) is 0 Å². The number of unbranched alkanes of at least 4 members (excludes halogenated alkanes) is 6. The number of nitrogens with one attached hydrogen (secondary N) is 4. The summed E-state index contributed by atoms with van der Waals surface area (Å²) in [5.74, 6) is -2.31. The molecule has 5 aliphatic rings.